The standard InChI is InChI=1S/C13H24N2/c14-13-12(8-4-5-9-15-13)10-11-6-2-1-3-7-11/h11-12H,1-10H2,(H2,14,15). The summed E-state index contributed by atoms with van der Waals surface area (Å²) in [6, 6.07) is 0. The Morgan fingerprint density at radius 1 is 1.00 bits per heavy atom. The van der Waals surface area contributed by atoms with E-state index in [0.29, 0.717) is 5.92 Å². The summed E-state index contributed by atoms with van der Waals surface area (Å²) in [5.74, 6) is 2.50. The molecule has 0 aromatic rings. The van der Waals surface area contributed by atoms with Gasteiger partial charge >= 0.3 is 0 Å². The molecule has 0 amide bonds. The Balaban J connectivity index is 1.85. The molecule has 1 aliphatic carbocycles. The highest BCUT2D eigenvalue weighted by molar-refractivity contribution is 5.83. The Labute approximate surface area is 93.3 Å². The van der Waals surface area contributed by atoms with Crippen LogP contribution in [0, 0.1) is 11.8 Å². The number of nitrogens with two attached hydrogens (primary N) is 1. The molecule has 2 heteroatoms. The van der Waals surface area contributed by atoms with E-state index in [0.717, 1.165) is 18.3 Å². The predicted molar refractivity (Wildman–Crippen MR) is 65.0 cm³/mol. The number of hydrogen-bond acceptors (Lipinski definition) is 2. The van der Waals surface area contributed by atoms with Gasteiger partial charge in [0, 0.05) is 12.5 Å². The topological polar surface area (TPSA) is 38.4 Å². The predicted octanol–water partition coefficient (Wildman–Crippen LogP) is 3.11. The Morgan fingerprint density at radius 2 is 1.73 bits per heavy atom. The van der Waals surface area contributed by atoms with Gasteiger partial charge in [-0.1, -0.05) is 38.5 Å². The molecule has 1 unspecified atom stereocenters. The minimum atomic E-state index is 0.607. The molecule has 86 valence electrons. The molecule has 1 atom stereocenters. The minimum Gasteiger partial charge on any atom is -0.387 e. The van der Waals surface area contributed by atoms with E-state index in [2.05, 4.69) is 4.99 Å². The van der Waals surface area contributed by atoms with Gasteiger partial charge in [-0.05, 0) is 25.2 Å². The van der Waals surface area contributed by atoms with Crippen LogP contribution in [0.5, 0.6) is 0 Å². The molecular weight excluding hydrogens is 184 g/mol. The summed E-state index contributed by atoms with van der Waals surface area (Å²) in [6.45, 7) is 0.965. The van der Waals surface area contributed by atoms with E-state index < -0.39 is 0 Å². The first kappa shape index (κ1) is 11.0. The first-order valence-corrected chi connectivity index (χ1v) is 6.66. The van der Waals surface area contributed by atoms with Gasteiger partial charge in [0.1, 0.15) is 0 Å². The van der Waals surface area contributed by atoms with Crippen molar-refractivity contribution in [3.8, 4) is 0 Å². The summed E-state index contributed by atoms with van der Waals surface area (Å²) in [5.41, 5.74) is 6.05. The maximum atomic E-state index is 6.05. The van der Waals surface area contributed by atoms with E-state index in [-0.39, 0.29) is 0 Å². The van der Waals surface area contributed by atoms with E-state index in [1.807, 2.05) is 0 Å². The fraction of sp³-hybridized carbons (Fsp3) is 0.923. The van der Waals surface area contributed by atoms with E-state index in [9.17, 15) is 0 Å². The largest absolute Gasteiger partial charge is 0.387 e. The highest BCUT2D eigenvalue weighted by atomic mass is 14.9. The molecule has 0 saturated heterocycles. The zero-order chi connectivity index (χ0) is 10.5. The lowest BCUT2D eigenvalue weighted by Gasteiger charge is -2.25. The van der Waals surface area contributed by atoms with E-state index in [4.69, 9.17) is 5.73 Å². The Morgan fingerprint density at radius 3 is 2.53 bits per heavy atom. The summed E-state index contributed by atoms with van der Waals surface area (Å²) in [4.78, 5) is 4.46. The van der Waals surface area contributed by atoms with Crippen LogP contribution in [-0.2, 0) is 0 Å². The van der Waals surface area contributed by atoms with Crippen molar-refractivity contribution in [2.45, 2.75) is 57.8 Å². The van der Waals surface area contributed by atoms with Gasteiger partial charge in [-0.2, -0.15) is 0 Å². The number of nitrogens with zero attached hydrogens (tertiary/aromatic N) is 1. The first-order valence-electron chi connectivity index (χ1n) is 6.66. The second-order valence-corrected chi connectivity index (χ2v) is 5.24. The molecule has 0 spiro atoms. The molecular formula is C13H24N2. The van der Waals surface area contributed by atoms with Crippen LogP contribution in [0.4, 0.5) is 0 Å². The average Bonchev–Trinajstić information content (AvgIpc) is 2.46. The maximum absolute atomic E-state index is 6.05. The van der Waals surface area contributed by atoms with E-state index in [1.54, 1.807) is 0 Å². The van der Waals surface area contributed by atoms with Crippen molar-refractivity contribution in [3.05, 3.63) is 0 Å². The third-order valence-corrected chi connectivity index (χ3v) is 4.02. The lowest BCUT2D eigenvalue weighted by atomic mass is 9.81. The summed E-state index contributed by atoms with van der Waals surface area (Å²) in [7, 11) is 0. The molecule has 1 aliphatic heterocycles. The van der Waals surface area contributed by atoms with Gasteiger partial charge in [-0.3, -0.25) is 4.99 Å². The van der Waals surface area contributed by atoms with Crippen molar-refractivity contribution in [2.75, 3.05) is 6.54 Å². The van der Waals surface area contributed by atoms with Gasteiger partial charge in [-0.25, -0.2) is 0 Å². The quantitative estimate of drug-likeness (QED) is 0.744. The summed E-state index contributed by atoms with van der Waals surface area (Å²) < 4.78 is 0. The van der Waals surface area contributed by atoms with Crippen molar-refractivity contribution in [1.29, 1.82) is 0 Å². The van der Waals surface area contributed by atoms with Crippen LogP contribution in [0.25, 0.3) is 0 Å². The van der Waals surface area contributed by atoms with E-state index >= 15 is 0 Å². The summed E-state index contributed by atoms with van der Waals surface area (Å²) in [6.07, 6.45) is 12.4. The average molecular weight is 208 g/mol. The second-order valence-electron chi connectivity index (χ2n) is 5.24. The van der Waals surface area contributed by atoms with Gasteiger partial charge in [0.15, 0.2) is 0 Å². The Hall–Kier alpha value is -0.530. The van der Waals surface area contributed by atoms with Gasteiger partial charge in [0.05, 0.1) is 5.84 Å². The molecule has 0 radical (unpaired) electrons. The SMILES string of the molecule is NC1=NCCCCC1CC1CCCCC1. The molecule has 0 aromatic carbocycles. The third-order valence-electron chi connectivity index (χ3n) is 4.02. The van der Waals surface area contributed by atoms with Crippen LogP contribution in [0.3, 0.4) is 0 Å². The maximum Gasteiger partial charge on any atom is 0.0968 e. The van der Waals surface area contributed by atoms with Gasteiger partial charge < -0.3 is 5.73 Å². The van der Waals surface area contributed by atoms with Crippen LogP contribution < -0.4 is 5.73 Å². The lowest BCUT2D eigenvalue weighted by Crippen LogP contribution is -2.26. The zero-order valence-corrected chi connectivity index (χ0v) is 9.75. The highest BCUT2D eigenvalue weighted by Gasteiger charge is 2.22. The molecule has 0 bridgehead atoms. The van der Waals surface area contributed by atoms with Gasteiger partial charge in [0.25, 0.3) is 0 Å². The molecule has 0 aromatic heterocycles. The lowest BCUT2D eigenvalue weighted by molar-refractivity contribution is 0.308. The molecule has 2 N–H and O–H groups in total. The smallest absolute Gasteiger partial charge is 0.0968 e. The Bertz CT molecular complexity index is 217. The molecule has 1 heterocycles. The van der Waals surface area contributed by atoms with Crippen molar-refractivity contribution < 1.29 is 0 Å². The van der Waals surface area contributed by atoms with Crippen molar-refractivity contribution in [1.82, 2.24) is 0 Å². The van der Waals surface area contributed by atoms with Crippen LogP contribution in [-0.4, -0.2) is 12.4 Å². The molecule has 1 saturated carbocycles. The monoisotopic (exact) mass is 208 g/mol. The number of amidine groups is 1. The zero-order valence-electron chi connectivity index (χ0n) is 9.75. The third kappa shape index (κ3) is 3.22. The fourth-order valence-corrected chi connectivity index (χ4v) is 3.05. The molecule has 2 rings (SSSR count). The second kappa shape index (κ2) is 5.53. The molecule has 1 fully saturated rings. The number of rotatable bonds is 2. The van der Waals surface area contributed by atoms with Crippen LogP contribution in [0.1, 0.15) is 57.8 Å². The first-order chi connectivity index (χ1) is 7.36. The Kier molecular flexibility index (Phi) is 4.04. The van der Waals surface area contributed by atoms with Crippen LogP contribution in [0.15, 0.2) is 4.99 Å². The van der Waals surface area contributed by atoms with Crippen molar-refractivity contribution in [2.24, 2.45) is 22.6 Å². The minimum absolute atomic E-state index is 0.607. The van der Waals surface area contributed by atoms with Crippen molar-refractivity contribution in [3.63, 3.8) is 0 Å². The summed E-state index contributed by atoms with van der Waals surface area (Å²) >= 11 is 0. The number of hydrogen-bond donors (Lipinski definition) is 1. The van der Waals surface area contributed by atoms with Crippen LogP contribution in [0.2, 0.25) is 0 Å². The van der Waals surface area contributed by atoms with Crippen LogP contribution >= 0.6 is 0 Å². The fourth-order valence-electron chi connectivity index (χ4n) is 3.05. The number of aliphatic imine (C=N–C) groups is 1. The summed E-state index contributed by atoms with van der Waals surface area (Å²) in [5, 5.41) is 0. The normalized spacial score (nSPS) is 29.6. The molecule has 2 aliphatic rings. The van der Waals surface area contributed by atoms with E-state index in [1.165, 1.54) is 57.8 Å². The van der Waals surface area contributed by atoms with Gasteiger partial charge in [-0.15, -0.1) is 0 Å². The highest BCUT2D eigenvalue weighted by Crippen LogP contribution is 2.31. The van der Waals surface area contributed by atoms with Gasteiger partial charge in [0.2, 0.25) is 0 Å². The molecule has 2 nitrogen and oxygen atoms in total. The van der Waals surface area contributed by atoms with Crippen molar-refractivity contribution >= 4 is 5.84 Å². The molecule has 15 heavy (non-hydrogen) atoms.